The van der Waals surface area contributed by atoms with E-state index in [4.69, 9.17) is 9.84 Å². The summed E-state index contributed by atoms with van der Waals surface area (Å²) in [5.41, 5.74) is 0.00750. The Bertz CT molecular complexity index is 717. The third-order valence-corrected chi connectivity index (χ3v) is 3.07. The van der Waals surface area contributed by atoms with Gasteiger partial charge in [-0.25, -0.2) is 4.79 Å². The Morgan fingerprint density at radius 1 is 1.50 bits per heavy atom. The number of carbonyl (C=O) groups is 1. The van der Waals surface area contributed by atoms with Gasteiger partial charge in [0.15, 0.2) is 0 Å². The molecule has 2 aromatic rings. The highest BCUT2D eigenvalue weighted by atomic mass is 16.5. The van der Waals surface area contributed by atoms with Gasteiger partial charge in [0.1, 0.15) is 17.4 Å². The summed E-state index contributed by atoms with van der Waals surface area (Å²) >= 11 is 0. The Hall–Kier alpha value is -2.30. The Morgan fingerprint density at radius 2 is 2.28 bits per heavy atom. The molecule has 1 aromatic heterocycles. The second-order valence-electron chi connectivity index (χ2n) is 4.41. The molecule has 92 valence electrons. The fourth-order valence-electron chi connectivity index (χ4n) is 2.35. The molecule has 0 aliphatic carbocycles. The number of hydrogen-bond donors (Lipinski definition) is 1. The molecular formula is C13H11NO4. The van der Waals surface area contributed by atoms with Crippen LogP contribution in [0.25, 0.3) is 10.9 Å². The van der Waals surface area contributed by atoms with E-state index in [2.05, 4.69) is 0 Å². The van der Waals surface area contributed by atoms with Crippen LogP contribution in [-0.4, -0.2) is 21.7 Å². The number of aromatic nitrogens is 1. The second-order valence-corrected chi connectivity index (χ2v) is 4.41. The van der Waals surface area contributed by atoms with Gasteiger partial charge in [-0.3, -0.25) is 4.79 Å². The van der Waals surface area contributed by atoms with Crippen molar-refractivity contribution in [1.29, 1.82) is 0 Å². The fraction of sp³-hybridized carbons (Fsp3) is 0.231. The number of para-hydroxylation sites is 1. The van der Waals surface area contributed by atoms with Crippen molar-refractivity contribution >= 4 is 16.9 Å². The molecule has 1 atom stereocenters. The molecule has 1 N–H and O–H groups in total. The lowest BCUT2D eigenvalue weighted by molar-refractivity contribution is 0.0694. The lowest BCUT2D eigenvalue weighted by Crippen LogP contribution is -2.28. The van der Waals surface area contributed by atoms with E-state index in [-0.39, 0.29) is 11.7 Å². The lowest BCUT2D eigenvalue weighted by atomic mass is 10.1. The van der Waals surface area contributed by atoms with E-state index in [0.717, 1.165) is 0 Å². The molecule has 0 amide bonds. The summed E-state index contributed by atoms with van der Waals surface area (Å²) in [6.07, 6.45) is 1.35. The average molecular weight is 245 g/mol. The molecule has 0 fully saturated rings. The summed E-state index contributed by atoms with van der Waals surface area (Å²) in [6, 6.07) is 5.12. The van der Waals surface area contributed by atoms with Crippen molar-refractivity contribution in [3.05, 3.63) is 40.2 Å². The Kier molecular flexibility index (Phi) is 2.16. The minimum absolute atomic E-state index is 0.0488. The highest BCUT2D eigenvalue weighted by molar-refractivity contribution is 5.94. The molecule has 18 heavy (non-hydrogen) atoms. The molecule has 1 unspecified atom stereocenters. The second kappa shape index (κ2) is 3.60. The SMILES string of the molecule is CC1Cn2cc(C(=O)O)c(=O)c3cccc(c32)O1. The maximum Gasteiger partial charge on any atom is 0.341 e. The monoisotopic (exact) mass is 245 g/mol. The average Bonchev–Trinajstić information content (AvgIpc) is 2.32. The molecule has 0 spiro atoms. The molecule has 1 aliphatic heterocycles. The van der Waals surface area contributed by atoms with Crippen molar-refractivity contribution in [3.63, 3.8) is 0 Å². The topological polar surface area (TPSA) is 68.5 Å². The standard InChI is InChI=1S/C13H11NO4/c1-7-5-14-6-9(13(16)17)12(15)8-3-2-4-10(18-7)11(8)14/h2-4,6-7H,5H2,1H3,(H,16,17). The first kappa shape index (κ1) is 10.8. The predicted octanol–water partition coefficient (Wildman–Crippen LogP) is 1.48. The van der Waals surface area contributed by atoms with E-state index in [0.29, 0.717) is 23.2 Å². The zero-order valence-corrected chi connectivity index (χ0v) is 9.71. The molecule has 0 saturated heterocycles. The number of carboxylic acid groups (broad SMARTS) is 1. The summed E-state index contributed by atoms with van der Waals surface area (Å²) in [7, 11) is 0. The van der Waals surface area contributed by atoms with Crippen LogP contribution in [-0.2, 0) is 6.54 Å². The molecule has 0 saturated carbocycles. The highest BCUT2D eigenvalue weighted by Crippen LogP contribution is 2.29. The van der Waals surface area contributed by atoms with E-state index in [9.17, 15) is 9.59 Å². The minimum atomic E-state index is -1.20. The zero-order valence-electron chi connectivity index (χ0n) is 9.71. The van der Waals surface area contributed by atoms with Crippen molar-refractivity contribution in [2.45, 2.75) is 19.6 Å². The van der Waals surface area contributed by atoms with Crippen molar-refractivity contribution in [2.75, 3.05) is 0 Å². The summed E-state index contributed by atoms with van der Waals surface area (Å²) < 4.78 is 7.43. The third-order valence-electron chi connectivity index (χ3n) is 3.07. The van der Waals surface area contributed by atoms with Crippen LogP contribution in [0.1, 0.15) is 17.3 Å². The molecule has 5 nitrogen and oxygen atoms in total. The smallest absolute Gasteiger partial charge is 0.341 e. The van der Waals surface area contributed by atoms with E-state index < -0.39 is 11.4 Å². The number of aromatic carboxylic acids is 1. The first-order valence-corrected chi connectivity index (χ1v) is 5.64. The normalized spacial score (nSPS) is 17.5. The first-order valence-electron chi connectivity index (χ1n) is 5.64. The number of ether oxygens (including phenoxy) is 1. The van der Waals surface area contributed by atoms with Crippen molar-refractivity contribution in [2.24, 2.45) is 0 Å². The zero-order chi connectivity index (χ0) is 12.9. The number of pyridine rings is 1. The van der Waals surface area contributed by atoms with Gasteiger partial charge in [-0.2, -0.15) is 0 Å². The molecule has 3 rings (SSSR count). The maximum atomic E-state index is 12.0. The van der Waals surface area contributed by atoms with Crippen molar-refractivity contribution in [1.82, 2.24) is 4.57 Å². The quantitative estimate of drug-likeness (QED) is 0.826. The molecule has 0 bridgehead atoms. The Morgan fingerprint density at radius 3 is 3.00 bits per heavy atom. The van der Waals surface area contributed by atoms with Crippen molar-refractivity contribution in [3.8, 4) is 5.75 Å². The fourth-order valence-corrected chi connectivity index (χ4v) is 2.35. The minimum Gasteiger partial charge on any atom is -0.487 e. The van der Waals surface area contributed by atoms with Gasteiger partial charge >= 0.3 is 5.97 Å². The van der Waals surface area contributed by atoms with Gasteiger partial charge in [0.2, 0.25) is 5.43 Å². The van der Waals surface area contributed by atoms with Crippen LogP contribution in [0.2, 0.25) is 0 Å². The largest absolute Gasteiger partial charge is 0.487 e. The van der Waals surface area contributed by atoms with Crippen LogP contribution in [0, 0.1) is 0 Å². The summed E-state index contributed by atoms with van der Waals surface area (Å²) in [5, 5.41) is 9.44. The lowest BCUT2D eigenvalue weighted by Gasteiger charge is -2.25. The van der Waals surface area contributed by atoms with Gasteiger partial charge in [0, 0.05) is 6.20 Å². The van der Waals surface area contributed by atoms with Gasteiger partial charge in [-0.15, -0.1) is 0 Å². The van der Waals surface area contributed by atoms with Gasteiger partial charge in [-0.05, 0) is 19.1 Å². The van der Waals surface area contributed by atoms with Crippen molar-refractivity contribution < 1.29 is 14.6 Å². The molecule has 2 heterocycles. The molecule has 5 heteroatoms. The molecule has 1 aromatic carbocycles. The number of nitrogens with zero attached hydrogens (tertiary/aromatic N) is 1. The number of hydrogen-bond acceptors (Lipinski definition) is 3. The van der Waals surface area contributed by atoms with Crippen LogP contribution >= 0.6 is 0 Å². The van der Waals surface area contributed by atoms with E-state index in [1.807, 2.05) is 6.92 Å². The summed E-state index contributed by atoms with van der Waals surface area (Å²) in [6.45, 7) is 2.44. The van der Waals surface area contributed by atoms with Crippen LogP contribution in [0.15, 0.2) is 29.2 Å². The third kappa shape index (κ3) is 1.40. The number of benzene rings is 1. The molecule has 1 aliphatic rings. The maximum absolute atomic E-state index is 12.0. The first-order chi connectivity index (χ1) is 8.58. The van der Waals surface area contributed by atoms with Gasteiger partial charge in [0.25, 0.3) is 0 Å². The molecular weight excluding hydrogens is 234 g/mol. The van der Waals surface area contributed by atoms with Crippen LogP contribution in [0.4, 0.5) is 0 Å². The molecule has 0 radical (unpaired) electrons. The van der Waals surface area contributed by atoms with E-state index in [1.54, 1.807) is 22.8 Å². The summed E-state index contributed by atoms with van der Waals surface area (Å²) in [4.78, 5) is 23.1. The Balaban J connectivity index is 2.46. The van der Waals surface area contributed by atoms with Gasteiger partial charge < -0.3 is 14.4 Å². The predicted molar refractivity (Wildman–Crippen MR) is 65.3 cm³/mol. The van der Waals surface area contributed by atoms with Gasteiger partial charge in [-0.1, -0.05) is 6.07 Å². The van der Waals surface area contributed by atoms with Crippen LogP contribution < -0.4 is 10.2 Å². The van der Waals surface area contributed by atoms with Crippen LogP contribution in [0.3, 0.4) is 0 Å². The Labute approximate surface area is 102 Å². The number of rotatable bonds is 1. The van der Waals surface area contributed by atoms with Gasteiger partial charge in [0.05, 0.1) is 17.4 Å². The van der Waals surface area contributed by atoms with E-state index >= 15 is 0 Å². The number of carboxylic acids is 1. The highest BCUT2D eigenvalue weighted by Gasteiger charge is 2.22. The summed E-state index contributed by atoms with van der Waals surface area (Å²) in [5.74, 6) is -0.574. The van der Waals surface area contributed by atoms with E-state index in [1.165, 1.54) is 6.20 Å². The van der Waals surface area contributed by atoms with Crippen LogP contribution in [0.5, 0.6) is 5.75 Å².